The van der Waals surface area contributed by atoms with E-state index in [2.05, 4.69) is 9.89 Å². The lowest BCUT2D eigenvalue weighted by Crippen LogP contribution is -2.43. The second-order valence-electron chi connectivity index (χ2n) is 3.55. The third-order valence-electron chi connectivity index (χ3n) is 2.65. The van der Waals surface area contributed by atoms with E-state index < -0.39 is 0 Å². The van der Waals surface area contributed by atoms with Crippen LogP contribution < -0.4 is 0 Å². The molecule has 1 saturated carbocycles. The molecule has 4 nitrogen and oxygen atoms in total. The van der Waals surface area contributed by atoms with Crippen LogP contribution in [0.25, 0.3) is 0 Å². The fraction of sp³-hybridized carbons (Fsp3) is 0.800. The molecule has 1 aliphatic rings. The van der Waals surface area contributed by atoms with E-state index in [0.717, 1.165) is 18.1 Å². The standard InChI is InChI=1S/C10H17N3OS/c1-15-10(12-8-11)13(6-3-7-14)9-4-2-5-9/h9,14H,2-7H2,1H3. The van der Waals surface area contributed by atoms with Gasteiger partial charge in [0.1, 0.15) is 0 Å². The molecular weight excluding hydrogens is 210 g/mol. The van der Waals surface area contributed by atoms with Crippen molar-refractivity contribution in [1.29, 1.82) is 5.26 Å². The zero-order chi connectivity index (χ0) is 11.1. The van der Waals surface area contributed by atoms with Crippen molar-refractivity contribution in [2.45, 2.75) is 31.7 Å². The number of thioether (sulfide) groups is 1. The fourth-order valence-electron chi connectivity index (χ4n) is 1.64. The smallest absolute Gasteiger partial charge is 0.208 e. The first-order valence-corrected chi connectivity index (χ1v) is 6.44. The molecule has 0 atom stereocenters. The summed E-state index contributed by atoms with van der Waals surface area (Å²) in [6, 6.07) is 0.524. The molecule has 15 heavy (non-hydrogen) atoms. The minimum Gasteiger partial charge on any atom is -0.396 e. The second kappa shape index (κ2) is 6.70. The molecule has 0 saturated heterocycles. The number of aliphatic hydroxyl groups is 1. The summed E-state index contributed by atoms with van der Waals surface area (Å²) in [5, 5.41) is 18.2. The van der Waals surface area contributed by atoms with Crippen molar-refractivity contribution in [1.82, 2.24) is 4.90 Å². The Balaban J connectivity index is 2.60. The first-order valence-electron chi connectivity index (χ1n) is 5.21. The number of hydrogen-bond donors (Lipinski definition) is 1. The average Bonchev–Trinajstić information content (AvgIpc) is 2.18. The molecular formula is C10H17N3OS. The van der Waals surface area contributed by atoms with Gasteiger partial charge in [-0.05, 0) is 31.9 Å². The molecule has 0 bridgehead atoms. The molecule has 84 valence electrons. The monoisotopic (exact) mass is 227 g/mol. The van der Waals surface area contributed by atoms with Crippen LogP contribution in [0.15, 0.2) is 4.99 Å². The summed E-state index contributed by atoms with van der Waals surface area (Å²) in [5.74, 6) is 0. The van der Waals surface area contributed by atoms with Gasteiger partial charge >= 0.3 is 0 Å². The summed E-state index contributed by atoms with van der Waals surface area (Å²) in [5.41, 5.74) is 0. The average molecular weight is 227 g/mol. The van der Waals surface area contributed by atoms with E-state index in [1.807, 2.05) is 12.4 Å². The SMILES string of the molecule is CSC(=NC#N)N(CCCO)C1CCC1. The maximum absolute atomic E-state index is 8.83. The van der Waals surface area contributed by atoms with E-state index in [1.54, 1.807) is 0 Å². The van der Waals surface area contributed by atoms with Gasteiger partial charge in [0.25, 0.3) is 0 Å². The Morgan fingerprint density at radius 3 is 2.80 bits per heavy atom. The first kappa shape index (κ1) is 12.3. The fourth-order valence-corrected chi connectivity index (χ4v) is 2.25. The Morgan fingerprint density at radius 2 is 2.40 bits per heavy atom. The number of nitrogens with zero attached hydrogens (tertiary/aromatic N) is 3. The van der Waals surface area contributed by atoms with E-state index in [0.29, 0.717) is 6.04 Å². The van der Waals surface area contributed by atoms with E-state index in [-0.39, 0.29) is 6.61 Å². The summed E-state index contributed by atoms with van der Waals surface area (Å²) < 4.78 is 0. The van der Waals surface area contributed by atoms with Gasteiger partial charge in [-0.3, -0.25) is 0 Å². The number of amidine groups is 1. The quantitative estimate of drug-likeness (QED) is 0.448. The molecule has 0 aromatic heterocycles. The van der Waals surface area contributed by atoms with Crippen molar-refractivity contribution >= 4 is 16.9 Å². The van der Waals surface area contributed by atoms with E-state index >= 15 is 0 Å². The van der Waals surface area contributed by atoms with Gasteiger partial charge in [0, 0.05) is 19.2 Å². The normalized spacial score (nSPS) is 17.0. The van der Waals surface area contributed by atoms with Crippen LogP contribution in [0, 0.1) is 11.5 Å². The van der Waals surface area contributed by atoms with Crippen molar-refractivity contribution < 1.29 is 5.11 Å². The van der Waals surface area contributed by atoms with E-state index in [4.69, 9.17) is 10.4 Å². The zero-order valence-electron chi connectivity index (χ0n) is 9.02. The highest BCUT2D eigenvalue weighted by atomic mass is 32.2. The van der Waals surface area contributed by atoms with Crippen molar-refractivity contribution in [3.05, 3.63) is 0 Å². The highest BCUT2D eigenvalue weighted by Crippen LogP contribution is 2.27. The number of rotatable bonds is 4. The van der Waals surface area contributed by atoms with Gasteiger partial charge in [-0.2, -0.15) is 5.26 Å². The summed E-state index contributed by atoms with van der Waals surface area (Å²) in [7, 11) is 0. The lowest BCUT2D eigenvalue weighted by molar-refractivity contribution is 0.192. The second-order valence-corrected chi connectivity index (χ2v) is 4.33. The van der Waals surface area contributed by atoms with Crippen LogP contribution in [0.3, 0.4) is 0 Å². The van der Waals surface area contributed by atoms with Gasteiger partial charge in [-0.15, -0.1) is 4.99 Å². The molecule has 0 aromatic rings. The predicted octanol–water partition coefficient (Wildman–Crippen LogP) is 1.42. The Morgan fingerprint density at radius 1 is 1.67 bits per heavy atom. The van der Waals surface area contributed by atoms with Gasteiger partial charge < -0.3 is 10.0 Å². The highest BCUT2D eigenvalue weighted by Gasteiger charge is 2.26. The van der Waals surface area contributed by atoms with Gasteiger partial charge in [-0.1, -0.05) is 11.8 Å². The first-order chi connectivity index (χ1) is 7.33. The molecule has 0 heterocycles. The summed E-state index contributed by atoms with van der Waals surface area (Å²) >= 11 is 1.50. The number of aliphatic hydroxyl groups excluding tert-OH is 1. The number of aliphatic imine (C=N–C) groups is 1. The third kappa shape index (κ3) is 3.40. The van der Waals surface area contributed by atoms with Crippen LogP contribution in [-0.2, 0) is 0 Å². The van der Waals surface area contributed by atoms with Crippen LogP contribution in [0.2, 0.25) is 0 Å². The molecule has 0 aliphatic heterocycles. The van der Waals surface area contributed by atoms with Crippen molar-refractivity contribution in [2.75, 3.05) is 19.4 Å². The maximum atomic E-state index is 8.83. The Labute approximate surface area is 95.0 Å². The predicted molar refractivity (Wildman–Crippen MR) is 62.6 cm³/mol. The van der Waals surface area contributed by atoms with Gasteiger partial charge in [0.2, 0.25) is 6.19 Å². The molecule has 0 unspecified atom stereocenters. The zero-order valence-corrected chi connectivity index (χ0v) is 9.83. The van der Waals surface area contributed by atoms with Gasteiger partial charge in [0.15, 0.2) is 5.17 Å². The molecule has 0 spiro atoms. The Hall–Kier alpha value is -0.730. The Kier molecular flexibility index (Phi) is 5.51. The maximum Gasteiger partial charge on any atom is 0.208 e. The molecule has 0 amide bonds. The summed E-state index contributed by atoms with van der Waals surface area (Å²) in [6.07, 6.45) is 8.12. The lowest BCUT2D eigenvalue weighted by Gasteiger charge is -2.38. The molecule has 5 heteroatoms. The topological polar surface area (TPSA) is 59.6 Å². The van der Waals surface area contributed by atoms with Crippen LogP contribution in [0.4, 0.5) is 0 Å². The van der Waals surface area contributed by atoms with Crippen LogP contribution in [0.1, 0.15) is 25.7 Å². The molecule has 1 aliphatic carbocycles. The molecule has 1 N–H and O–H groups in total. The van der Waals surface area contributed by atoms with Crippen molar-refractivity contribution in [3.8, 4) is 6.19 Å². The lowest BCUT2D eigenvalue weighted by atomic mass is 9.92. The van der Waals surface area contributed by atoms with Gasteiger partial charge in [-0.25, -0.2) is 0 Å². The third-order valence-corrected chi connectivity index (χ3v) is 3.34. The van der Waals surface area contributed by atoms with Crippen LogP contribution in [0.5, 0.6) is 0 Å². The van der Waals surface area contributed by atoms with Crippen LogP contribution in [-0.4, -0.2) is 40.6 Å². The summed E-state index contributed by atoms with van der Waals surface area (Å²) in [4.78, 5) is 5.99. The minimum absolute atomic E-state index is 0.192. The van der Waals surface area contributed by atoms with Crippen LogP contribution >= 0.6 is 11.8 Å². The highest BCUT2D eigenvalue weighted by molar-refractivity contribution is 8.13. The van der Waals surface area contributed by atoms with Crippen molar-refractivity contribution in [2.24, 2.45) is 4.99 Å². The molecule has 1 rings (SSSR count). The minimum atomic E-state index is 0.192. The van der Waals surface area contributed by atoms with E-state index in [9.17, 15) is 0 Å². The number of hydrogen-bond acceptors (Lipinski definition) is 4. The van der Waals surface area contributed by atoms with Crippen molar-refractivity contribution in [3.63, 3.8) is 0 Å². The molecule has 0 radical (unpaired) electrons. The van der Waals surface area contributed by atoms with E-state index in [1.165, 1.54) is 31.0 Å². The van der Waals surface area contributed by atoms with Gasteiger partial charge in [0.05, 0.1) is 0 Å². The molecule has 1 fully saturated rings. The number of nitriles is 1. The Bertz CT molecular complexity index is 258. The largest absolute Gasteiger partial charge is 0.396 e. The summed E-state index contributed by atoms with van der Waals surface area (Å²) in [6.45, 7) is 0.986. The molecule has 0 aromatic carbocycles.